The fraction of sp³-hybridized carbons (Fsp3) is 0.933. The molecule has 0 saturated carbocycles. The number of hydrogen-bond acceptors (Lipinski definition) is 6. The molecule has 0 spiro atoms. The van der Waals surface area contributed by atoms with E-state index in [4.69, 9.17) is 28.8 Å². The van der Waals surface area contributed by atoms with E-state index in [2.05, 4.69) is 6.92 Å². The predicted molar refractivity (Wildman–Crippen MR) is 81.2 cm³/mol. The summed E-state index contributed by atoms with van der Waals surface area (Å²) in [5.74, 6) is -0.939. The highest BCUT2D eigenvalue weighted by Crippen LogP contribution is 1.97. The average molecular weight is 322 g/mol. The summed E-state index contributed by atoms with van der Waals surface area (Å²) in [5, 5.41) is 8.77. The molecule has 0 aromatic heterocycles. The standard InChI is InChI=1S/C15H30O7/c1-3-5-18-6-7-19-8-9-20-10-11-21-12-13-22-14(4-2)15(16)17/h14H,3-13H2,1-2H3,(H,16,17). The number of carboxylic acid groups (broad SMARTS) is 1. The lowest BCUT2D eigenvalue weighted by Gasteiger charge is -2.11. The molecule has 0 saturated heterocycles. The predicted octanol–water partition coefficient (Wildman–Crippen LogP) is 1.34. The third kappa shape index (κ3) is 14.2. The average Bonchev–Trinajstić information content (AvgIpc) is 2.51. The van der Waals surface area contributed by atoms with Crippen LogP contribution in [0.5, 0.6) is 0 Å². The quantitative estimate of drug-likeness (QED) is 0.405. The van der Waals surface area contributed by atoms with Gasteiger partial charge in [0.2, 0.25) is 0 Å². The van der Waals surface area contributed by atoms with Gasteiger partial charge in [-0.15, -0.1) is 0 Å². The first-order valence-corrected chi connectivity index (χ1v) is 7.87. The Kier molecular flexibility index (Phi) is 16.1. The summed E-state index contributed by atoms with van der Waals surface area (Å²) in [7, 11) is 0. The normalized spacial score (nSPS) is 12.5. The highest BCUT2D eigenvalue weighted by atomic mass is 16.6. The first kappa shape index (κ1) is 21.3. The van der Waals surface area contributed by atoms with Gasteiger partial charge in [0.1, 0.15) is 0 Å². The van der Waals surface area contributed by atoms with Crippen molar-refractivity contribution < 1.29 is 33.6 Å². The van der Waals surface area contributed by atoms with Crippen LogP contribution in [0.3, 0.4) is 0 Å². The first-order chi connectivity index (χ1) is 10.7. The van der Waals surface area contributed by atoms with Crippen LogP contribution in [-0.4, -0.2) is 76.6 Å². The zero-order valence-electron chi connectivity index (χ0n) is 13.8. The van der Waals surface area contributed by atoms with E-state index in [9.17, 15) is 4.79 Å². The Morgan fingerprint density at radius 1 is 0.773 bits per heavy atom. The van der Waals surface area contributed by atoms with Gasteiger partial charge in [0.25, 0.3) is 0 Å². The van der Waals surface area contributed by atoms with Crippen LogP contribution in [0.2, 0.25) is 0 Å². The Morgan fingerprint density at radius 3 is 1.55 bits per heavy atom. The van der Waals surface area contributed by atoms with Gasteiger partial charge in [-0.05, 0) is 12.8 Å². The fourth-order valence-electron chi connectivity index (χ4n) is 1.52. The fourth-order valence-corrected chi connectivity index (χ4v) is 1.52. The number of carboxylic acids is 1. The lowest BCUT2D eigenvalue weighted by Crippen LogP contribution is -2.24. The van der Waals surface area contributed by atoms with E-state index >= 15 is 0 Å². The minimum Gasteiger partial charge on any atom is -0.479 e. The number of rotatable bonds is 17. The SMILES string of the molecule is CCCOCCOCCOCCOCCOC(CC)C(=O)O. The van der Waals surface area contributed by atoms with E-state index in [1.807, 2.05) is 0 Å². The molecule has 7 heteroatoms. The van der Waals surface area contributed by atoms with Gasteiger partial charge in [-0.1, -0.05) is 13.8 Å². The molecule has 7 nitrogen and oxygen atoms in total. The molecule has 0 aromatic rings. The van der Waals surface area contributed by atoms with Gasteiger partial charge in [-0.25, -0.2) is 4.79 Å². The molecule has 22 heavy (non-hydrogen) atoms. The summed E-state index contributed by atoms with van der Waals surface area (Å²) in [6.07, 6.45) is 0.712. The second-order valence-corrected chi connectivity index (χ2v) is 4.56. The van der Waals surface area contributed by atoms with Gasteiger partial charge in [-0.3, -0.25) is 0 Å². The molecule has 1 unspecified atom stereocenters. The van der Waals surface area contributed by atoms with Gasteiger partial charge in [0.15, 0.2) is 6.10 Å². The molecule has 132 valence electrons. The maximum Gasteiger partial charge on any atom is 0.332 e. The first-order valence-electron chi connectivity index (χ1n) is 7.87. The third-order valence-corrected chi connectivity index (χ3v) is 2.66. The molecule has 0 bridgehead atoms. The van der Waals surface area contributed by atoms with Crippen LogP contribution in [0.4, 0.5) is 0 Å². The number of hydrogen-bond donors (Lipinski definition) is 1. The van der Waals surface area contributed by atoms with Crippen molar-refractivity contribution in [3.63, 3.8) is 0 Å². The zero-order chi connectivity index (χ0) is 16.5. The summed E-state index contributed by atoms with van der Waals surface area (Å²) in [6, 6.07) is 0. The maximum atomic E-state index is 10.7. The molecule has 1 atom stereocenters. The van der Waals surface area contributed by atoms with Crippen molar-refractivity contribution in [1.82, 2.24) is 0 Å². The van der Waals surface area contributed by atoms with Gasteiger partial charge >= 0.3 is 5.97 Å². The highest BCUT2D eigenvalue weighted by Gasteiger charge is 2.14. The Morgan fingerprint density at radius 2 is 1.18 bits per heavy atom. The molecule has 0 aromatic carbocycles. The number of ether oxygens (including phenoxy) is 5. The molecule has 0 fully saturated rings. The van der Waals surface area contributed by atoms with Gasteiger partial charge < -0.3 is 28.8 Å². The van der Waals surface area contributed by atoms with Gasteiger partial charge in [0, 0.05) is 6.61 Å². The molecule has 0 rings (SSSR count). The van der Waals surface area contributed by atoms with Crippen LogP contribution < -0.4 is 0 Å². The summed E-state index contributed by atoms with van der Waals surface area (Å²) in [5.41, 5.74) is 0. The minimum absolute atomic E-state index is 0.270. The second-order valence-electron chi connectivity index (χ2n) is 4.56. The van der Waals surface area contributed by atoms with Crippen molar-refractivity contribution in [2.24, 2.45) is 0 Å². The second kappa shape index (κ2) is 16.6. The van der Waals surface area contributed by atoms with Gasteiger partial charge in [0.05, 0.1) is 52.9 Å². The lowest BCUT2D eigenvalue weighted by molar-refractivity contribution is -0.151. The minimum atomic E-state index is -0.939. The molecule has 1 N–H and O–H groups in total. The smallest absolute Gasteiger partial charge is 0.332 e. The van der Waals surface area contributed by atoms with Crippen molar-refractivity contribution in [2.45, 2.75) is 32.8 Å². The lowest BCUT2D eigenvalue weighted by atomic mass is 10.3. The molecule has 0 aliphatic carbocycles. The topological polar surface area (TPSA) is 83.5 Å². The van der Waals surface area contributed by atoms with Crippen molar-refractivity contribution in [3.8, 4) is 0 Å². The van der Waals surface area contributed by atoms with E-state index in [1.165, 1.54) is 0 Å². The van der Waals surface area contributed by atoms with Crippen LogP contribution in [0.1, 0.15) is 26.7 Å². The molecular weight excluding hydrogens is 292 g/mol. The van der Waals surface area contributed by atoms with E-state index < -0.39 is 12.1 Å². The van der Waals surface area contributed by atoms with Crippen LogP contribution in [0, 0.1) is 0 Å². The molecular formula is C15H30O7. The Balaban J connectivity index is 3.13. The molecule has 0 amide bonds. The molecule has 0 aliphatic rings. The highest BCUT2D eigenvalue weighted by molar-refractivity contribution is 5.72. The van der Waals surface area contributed by atoms with Gasteiger partial charge in [-0.2, -0.15) is 0 Å². The maximum absolute atomic E-state index is 10.7. The van der Waals surface area contributed by atoms with Crippen LogP contribution in [0.25, 0.3) is 0 Å². The number of carbonyl (C=O) groups is 1. The Hall–Kier alpha value is -0.730. The Bertz CT molecular complexity index is 248. The summed E-state index contributed by atoms with van der Waals surface area (Å²) in [4.78, 5) is 10.7. The van der Waals surface area contributed by atoms with E-state index in [0.29, 0.717) is 52.7 Å². The van der Waals surface area contributed by atoms with Crippen molar-refractivity contribution in [2.75, 3.05) is 59.5 Å². The van der Waals surface area contributed by atoms with E-state index in [0.717, 1.165) is 13.0 Å². The van der Waals surface area contributed by atoms with E-state index in [1.54, 1.807) is 6.92 Å². The van der Waals surface area contributed by atoms with E-state index in [-0.39, 0.29) is 6.61 Å². The summed E-state index contributed by atoms with van der Waals surface area (Å²) in [6.45, 7) is 8.42. The van der Waals surface area contributed by atoms with Crippen LogP contribution in [-0.2, 0) is 28.5 Å². The van der Waals surface area contributed by atoms with Crippen molar-refractivity contribution in [1.29, 1.82) is 0 Å². The monoisotopic (exact) mass is 322 g/mol. The van der Waals surface area contributed by atoms with Crippen LogP contribution >= 0.6 is 0 Å². The summed E-state index contributed by atoms with van der Waals surface area (Å²) < 4.78 is 26.3. The van der Waals surface area contributed by atoms with Crippen molar-refractivity contribution in [3.05, 3.63) is 0 Å². The van der Waals surface area contributed by atoms with Crippen LogP contribution in [0.15, 0.2) is 0 Å². The number of aliphatic carboxylic acids is 1. The summed E-state index contributed by atoms with van der Waals surface area (Å²) >= 11 is 0. The molecule has 0 aliphatic heterocycles. The zero-order valence-corrected chi connectivity index (χ0v) is 13.8. The largest absolute Gasteiger partial charge is 0.479 e. The molecule has 0 radical (unpaired) electrons. The third-order valence-electron chi connectivity index (χ3n) is 2.66. The Labute approximate surface area is 132 Å². The van der Waals surface area contributed by atoms with Crippen molar-refractivity contribution >= 4 is 5.97 Å². The molecule has 0 heterocycles.